The number of halogens is 3. The third-order valence-corrected chi connectivity index (χ3v) is 4.78. The average molecular weight is 311 g/mol. The maximum atomic E-state index is 12.3. The highest BCUT2D eigenvalue weighted by Crippen LogP contribution is 2.41. The summed E-state index contributed by atoms with van der Waals surface area (Å²) in [4.78, 5) is 0. The first kappa shape index (κ1) is 13.7. The molecule has 1 fully saturated rings. The number of nitrogens with zero attached hydrogens (tertiary/aromatic N) is 2. The van der Waals surface area contributed by atoms with Crippen LogP contribution in [-0.4, -0.2) is 36.8 Å². The van der Waals surface area contributed by atoms with Crippen LogP contribution in [0.25, 0.3) is 0 Å². The normalized spacial score (nSPS) is 26.1. The molecule has 1 N–H and O–H groups in total. The maximum absolute atomic E-state index is 12.3. The average Bonchev–Trinajstić information content (AvgIpc) is 2.97. The zero-order valence-electron chi connectivity index (χ0n) is 10.3. The van der Waals surface area contributed by atoms with Gasteiger partial charge in [0.25, 0.3) is 5.88 Å². The minimum atomic E-state index is -5.66. The fourth-order valence-corrected chi connectivity index (χ4v) is 3.22. The molecule has 20 heavy (non-hydrogen) atoms. The predicted octanol–water partition coefficient (Wildman–Crippen LogP) is 0.746. The molecule has 2 aliphatic heterocycles. The van der Waals surface area contributed by atoms with Gasteiger partial charge in [-0.15, -0.1) is 5.10 Å². The molecule has 10 heteroatoms. The number of alkyl halides is 3. The van der Waals surface area contributed by atoms with Crippen LogP contribution < -0.4 is 9.50 Å². The second-order valence-electron chi connectivity index (χ2n) is 5.03. The molecule has 1 aromatic rings. The number of hydrogen-bond donors (Lipinski definition) is 1. The molecule has 1 saturated heterocycles. The van der Waals surface area contributed by atoms with E-state index in [4.69, 9.17) is 0 Å². The zero-order chi connectivity index (χ0) is 14.6. The van der Waals surface area contributed by atoms with Crippen molar-refractivity contribution in [3.63, 3.8) is 0 Å². The van der Waals surface area contributed by atoms with Crippen LogP contribution in [0.4, 0.5) is 13.2 Å². The smallest absolute Gasteiger partial charge is 0.354 e. The van der Waals surface area contributed by atoms with Crippen molar-refractivity contribution >= 4 is 10.1 Å². The van der Waals surface area contributed by atoms with E-state index in [0.29, 0.717) is 13.1 Å². The third kappa shape index (κ3) is 1.97. The molecular formula is C10H12F3N3O3S. The van der Waals surface area contributed by atoms with Crippen molar-refractivity contribution in [1.82, 2.24) is 15.1 Å². The lowest BCUT2D eigenvalue weighted by atomic mass is 9.83. The largest absolute Gasteiger partial charge is 0.534 e. The Morgan fingerprint density at radius 3 is 2.75 bits per heavy atom. The summed E-state index contributed by atoms with van der Waals surface area (Å²) >= 11 is 0. The highest BCUT2D eigenvalue weighted by Gasteiger charge is 2.50. The lowest BCUT2D eigenvalue weighted by Gasteiger charge is -2.19. The van der Waals surface area contributed by atoms with Crippen molar-refractivity contribution in [3.8, 4) is 5.88 Å². The minimum absolute atomic E-state index is 0.170. The van der Waals surface area contributed by atoms with Crippen molar-refractivity contribution in [2.45, 2.75) is 30.3 Å². The van der Waals surface area contributed by atoms with Crippen molar-refractivity contribution in [2.75, 3.05) is 13.1 Å². The maximum Gasteiger partial charge on any atom is 0.534 e. The molecule has 0 aliphatic carbocycles. The molecule has 112 valence electrons. The first-order valence-corrected chi connectivity index (χ1v) is 7.44. The van der Waals surface area contributed by atoms with Gasteiger partial charge >= 0.3 is 15.6 Å². The van der Waals surface area contributed by atoms with Crippen LogP contribution in [0.3, 0.4) is 0 Å². The molecule has 0 aromatic carbocycles. The van der Waals surface area contributed by atoms with Crippen LogP contribution >= 0.6 is 0 Å². The lowest BCUT2D eigenvalue weighted by molar-refractivity contribution is -0.0501. The molecule has 0 saturated carbocycles. The van der Waals surface area contributed by atoms with Gasteiger partial charge in [0.1, 0.15) is 0 Å². The second-order valence-corrected chi connectivity index (χ2v) is 6.57. The van der Waals surface area contributed by atoms with E-state index in [1.54, 1.807) is 0 Å². The number of fused-ring (bicyclic) bond motifs is 2. The molecule has 0 amide bonds. The van der Waals surface area contributed by atoms with E-state index in [1.165, 1.54) is 10.7 Å². The molecule has 0 bridgehead atoms. The number of aromatic nitrogens is 2. The van der Waals surface area contributed by atoms with Crippen LogP contribution in [0.1, 0.15) is 18.5 Å². The summed E-state index contributed by atoms with van der Waals surface area (Å²) in [6.07, 6.45) is 1.69. The van der Waals surface area contributed by atoms with E-state index in [0.717, 1.165) is 25.1 Å². The Hall–Kier alpha value is -1.29. The molecule has 1 aromatic heterocycles. The molecule has 3 rings (SSSR count). The van der Waals surface area contributed by atoms with Gasteiger partial charge in [0.2, 0.25) is 0 Å². The van der Waals surface area contributed by atoms with Gasteiger partial charge in [-0.2, -0.15) is 21.6 Å². The molecule has 2 aliphatic rings. The monoisotopic (exact) mass is 311 g/mol. The summed E-state index contributed by atoms with van der Waals surface area (Å²) in [7, 11) is -5.66. The molecule has 6 nitrogen and oxygen atoms in total. The van der Waals surface area contributed by atoms with Crippen LogP contribution in [0.15, 0.2) is 6.07 Å². The van der Waals surface area contributed by atoms with Crippen molar-refractivity contribution in [1.29, 1.82) is 0 Å². The summed E-state index contributed by atoms with van der Waals surface area (Å²) < 4.78 is 64.3. The SMILES string of the molecule is O=S(=O)(Oc1cc2n(n1)CC[C@@]21CCNC1)C(F)(F)F. The summed E-state index contributed by atoms with van der Waals surface area (Å²) in [6, 6.07) is 1.29. The summed E-state index contributed by atoms with van der Waals surface area (Å²) in [5, 5.41) is 6.99. The van der Waals surface area contributed by atoms with Crippen LogP contribution in [0.2, 0.25) is 0 Å². The highest BCUT2D eigenvalue weighted by molar-refractivity contribution is 7.87. The molecule has 1 spiro atoms. The topological polar surface area (TPSA) is 73.2 Å². The van der Waals surface area contributed by atoms with Gasteiger partial charge in [0.15, 0.2) is 0 Å². The van der Waals surface area contributed by atoms with Crippen LogP contribution in [0, 0.1) is 0 Å². The molecular weight excluding hydrogens is 299 g/mol. The highest BCUT2D eigenvalue weighted by atomic mass is 32.2. The Morgan fingerprint density at radius 1 is 1.40 bits per heavy atom. The standard InChI is InChI=1S/C10H12F3N3O3S/c11-10(12,13)20(17,18)19-8-5-7-9(1-3-14-6-9)2-4-16(7)15-8/h5,14H,1-4,6H2/t9-/m1/s1. The number of hydrogen-bond acceptors (Lipinski definition) is 5. The van der Waals surface area contributed by atoms with Gasteiger partial charge in [-0.05, 0) is 19.4 Å². The Labute approximate surface area is 113 Å². The van der Waals surface area contributed by atoms with Gasteiger partial charge < -0.3 is 9.50 Å². The fourth-order valence-electron chi connectivity index (χ4n) is 2.81. The minimum Gasteiger partial charge on any atom is -0.354 e. The second kappa shape index (κ2) is 4.10. The molecule has 0 unspecified atom stereocenters. The summed E-state index contributed by atoms with van der Waals surface area (Å²) in [6.45, 7) is 2.08. The Kier molecular flexibility index (Phi) is 2.81. The van der Waals surface area contributed by atoms with E-state index in [9.17, 15) is 21.6 Å². The van der Waals surface area contributed by atoms with E-state index >= 15 is 0 Å². The molecule has 0 radical (unpaired) electrons. The van der Waals surface area contributed by atoms with E-state index in [1.807, 2.05) is 0 Å². The fraction of sp³-hybridized carbons (Fsp3) is 0.700. The first-order valence-electron chi connectivity index (χ1n) is 6.03. The van der Waals surface area contributed by atoms with Gasteiger partial charge in [-0.25, -0.2) is 0 Å². The third-order valence-electron chi connectivity index (χ3n) is 3.83. The lowest BCUT2D eigenvalue weighted by Crippen LogP contribution is -2.28. The van der Waals surface area contributed by atoms with Gasteiger partial charge in [-0.1, -0.05) is 0 Å². The number of rotatable bonds is 2. The van der Waals surface area contributed by atoms with Crippen LogP contribution in [-0.2, 0) is 22.1 Å². The van der Waals surface area contributed by atoms with Crippen molar-refractivity contribution in [2.24, 2.45) is 0 Å². The van der Waals surface area contributed by atoms with E-state index < -0.39 is 21.5 Å². The van der Waals surface area contributed by atoms with Crippen molar-refractivity contribution < 1.29 is 25.8 Å². The van der Waals surface area contributed by atoms with E-state index in [-0.39, 0.29) is 5.41 Å². The van der Waals surface area contributed by atoms with Gasteiger partial charge in [0, 0.05) is 30.3 Å². The summed E-state index contributed by atoms with van der Waals surface area (Å²) in [5.41, 5.74) is -4.89. The Bertz CT molecular complexity index is 632. The van der Waals surface area contributed by atoms with Crippen molar-refractivity contribution in [3.05, 3.63) is 11.8 Å². The van der Waals surface area contributed by atoms with Gasteiger partial charge in [-0.3, -0.25) is 4.68 Å². The quantitative estimate of drug-likeness (QED) is 0.644. The van der Waals surface area contributed by atoms with E-state index in [2.05, 4.69) is 14.6 Å². The number of aryl methyl sites for hydroxylation is 1. The number of nitrogens with one attached hydrogen (secondary N) is 1. The Morgan fingerprint density at radius 2 is 2.15 bits per heavy atom. The molecule has 1 atom stereocenters. The van der Waals surface area contributed by atoms with Crippen LogP contribution in [0.5, 0.6) is 5.88 Å². The molecule has 3 heterocycles. The first-order chi connectivity index (χ1) is 9.24. The van der Waals surface area contributed by atoms with Gasteiger partial charge in [0.05, 0.1) is 0 Å². The Balaban J connectivity index is 1.89. The predicted molar refractivity (Wildman–Crippen MR) is 61.6 cm³/mol. The summed E-state index contributed by atoms with van der Waals surface area (Å²) in [5.74, 6) is -0.525. The zero-order valence-corrected chi connectivity index (χ0v) is 11.1.